The molecule has 19 heavy (non-hydrogen) atoms. The Morgan fingerprint density at radius 1 is 1.47 bits per heavy atom. The minimum absolute atomic E-state index is 0.546. The largest absolute Gasteiger partial charge is 0.478 e. The van der Waals surface area contributed by atoms with Crippen molar-refractivity contribution in [3.63, 3.8) is 0 Å². The predicted molar refractivity (Wildman–Crippen MR) is 78.5 cm³/mol. The fourth-order valence-electron chi connectivity index (χ4n) is 1.11. The molecule has 5 nitrogen and oxygen atoms in total. The van der Waals surface area contributed by atoms with E-state index in [-0.39, 0.29) is 0 Å². The van der Waals surface area contributed by atoms with E-state index in [9.17, 15) is 9.59 Å². The highest BCUT2D eigenvalue weighted by atomic mass is 79.9. The standard InChI is InChI=1S/C12H14BrNO4S/c1-12(2,3)18-11(17)14-9-6-7(13)8(19-9)4-5-10(15)16/h4-6H,1-3H3,(H,14,17)(H,15,16). The molecular weight excluding hydrogens is 334 g/mol. The molecule has 1 rings (SSSR count). The molecular formula is C12H14BrNO4S. The number of carboxylic acid groups (broad SMARTS) is 1. The molecule has 7 heteroatoms. The number of nitrogens with one attached hydrogen (secondary N) is 1. The van der Waals surface area contributed by atoms with E-state index in [1.165, 1.54) is 17.4 Å². The number of anilines is 1. The number of halogens is 1. The molecule has 0 aliphatic carbocycles. The van der Waals surface area contributed by atoms with Crippen molar-refractivity contribution in [1.29, 1.82) is 0 Å². The first-order valence-electron chi connectivity index (χ1n) is 5.38. The fourth-order valence-corrected chi connectivity index (χ4v) is 2.71. The molecule has 104 valence electrons. The van der Waals surface area contributed by atoms with Crippen LogP contribution in [0, 0.1) is 0 Å². The number of hydrogen-bond acceptors (Lipinski definition) is 4. The number of thiophene rings is 1. The van der Waals surface area contributed by atoms with Crippen molar-refractivity contribution in [2.75, 3.05) is 5.32 Å². The quantitative estimate of drug-likeness (QED) is 0.811. The van der Waals surface area contributed by atoms with Gasteiger partial charge in [-0.1, -0.05) is 0 Å². The Labute approximate surface area is 123 Å². The summed E-state index contributed by atoms with van der Waals surface area (Å²) in [5.41, 5.74) is -0.565. The monoisotopic (exact) mass is 347 g/mol. The molecule has 0 saturated carbocycles. The average molecular weight is 348 g/mol. The Bertz CT molecular complexity index is 516. The number of carbonyl (C=O) groups excluding carboxylic acids is 1. The van der Waals surface area contributed by atoms with Gasteiger partial charge in [0.2, 0.25) is 0 Å². The highest BCUT2D eigenvalue weighted by Gasteiger charge is 2.17. The number of aliphatic carboxylic acids is 1. The van der Waals surface area contributed by atoms with E-state index in [0.717, 1.165) is 6.08 Å². The van der Waals surface area contributed by atoms with Crippen LogP contribution in [0.25, 0.3) is 6.08 Å². The molecule has 1 aromatic rings. The zero-order valence-corrected chi connectivity index (χ0v) is 13.1. The van der Waals surface area contributed by atoms with E-state index < -0.39 is 17.7 Å². The third-order valence-electron chi connectivity index (χ3n) is 1.71. The lowest BCUT2D eigenvalue weighted by Crippen LogP contribution is -2.26. The van der Waals surface area contributed by atoms with E-state index in [0.29, 0.717) is 14.4 Å². The van der Waals surface area contributed by atoms with Crippen molar-refractivity contribution >= 4 is 50.4 Å². The summed E-state index contributed by atoms with van der Waals surface area (Å²) in [6.07, 6.45) is 1.94. The van der Waals surface area contributed by atoms with E-state index in [4.69, 9.17) is 9.84 Å². The first-order valence-corrected chi connectivity index (χ1v) is 6.98. The smallest absolute Gasteiger partial charge is 0.412 e. The summed E-state index contributed by atoms with van der Waals surface area (Å²) in [6.45, 7) is 5.33. The van der Waals surface area contributed by atoms with Gasteiger partial charge >= 0.3 is 12.1 Å². The van der Waals surface area contributed by atoms with Gasteiger partial charge in [0.05, 0.1) is 5.00 Å². The molecule has 0 saturated heterocycles. The molecule has 1 aromatic heterocycles. The lowest BCUT2D eigenvalue weighted by atomic mass is 10.2. The van der Waals surface area contributed by atoms with Crippen molar-refractivity contribution in [3.8, 4) is 0 Å². The second kappa shape index (κ2) is 6.21. The van der Waals surface area contributed by atoms with Gasteiger partial charge in [0.1, 0.15) is 5.60 Å². The number of amides is 1. The summed E-state index contributed by atoms with van der Waals surface area (Å²) >= 11 is 4.54. The van der Waals surface area contributed by atoms with Crippen LogP contribution < -0.4 is 5.32 Å². The van der Waals surface area contributed by atoms with Gasteiger partial charge in [0, 0.05) is 15.4 Å². The zero-order valence-electron chi connectivity index (χ0n) is 10.7. The van der Waals surface area contributed by atoms with Gasteiger partial charge in [-0.2, -0.15) is 0 Å². The summed E-state index contributed by atoms with van der Waals surface area (Å²) in [5.74, 6) is -1.03. The molecule has 0 aliphatic rings. The summed E-state index contributed by atoms with van der Waals surface area (Å²) in [7, 11) is 0. The van der Waals surface area contributed by atoms with Gasteiger partial charge in [-0.05, 0) is 48.8 Å². The topological polar surface area (TPSA) is 75.6 Å². The third kappa shape index (κ3) is 5.89. The highest BCUT2D eigenvalue weighted by molar-refractivity contribution is 9.10. The third-order valence-corrected chi connectivity index (χ3v) is 3.65. The SMILES string of the molecule is CC(C)(C)OC(=O)Nc1cc(Br)c(C=CC(=O)O)s1. The number of carbonyl (C=O) groups is 2. The van der Waals surface area contributed by atoms with Crippen LogP contribution in [0.2, 0.25) is 0 Å². The van der Waals surface area contributed by atoms with Crippen LogP contribution in [0.4, 0.5) is 9.80 Å². The lowest BCUT2D eigenvalue weighted by Gasteiger charge is -2.19. The number of carboxylic acids is 1. The summed E-state index contributed by atoms with van der Waals surface area (Å²) in [6, 6.07) is 1.69. The van der Waals surface area contributed by atoms with Crippen molar-refractivity contribution in [2.45, 2.75) is 26.4 Å². The van der Waals surface area contributed by atoms with Crippen LogP contribution in [0.5, 0.6) is 0 Å². The van der Waals surface area contributed by atoms with E-state index in [2.05, 4.69) is 21.2 Å². The highest BCUT2D eigenvalue weighted by Crippen LogP contribution is 2.32. The van der Waals surface area contributed by atoms with E-state index in [1.54, 1.807) is 26.8 Å². The molecule has 1 amide bonds. The Morgan fingerprint density at radius 2 is 2.11 bits per heavy atom. The van der Waals surface area contributed by atoms with Gasteiger partial charge in [-0.15, -0.1) is 11.3 Å². The first kappa shape index (κ1) is 15.7. The number of hydrogen-bond donors (Lipinski definition) is 2. The summed E-state index contributed by atoms with van der Waals surface area (Å²) < 4.78 is 5.83. The second-order valence-electron chi connectivity index (χ2n) is 4.62. The molecule has 2 N–H and O–H groups in total. The van der Waals surface area contributed by atoms with Crippen molar-refractivity contribution in [3.05, 3.63) is 21.5 Å². The van der Waals surface area contributed by atoms with Gasteiger partial charge in [-0.3, -0.25) is 5.32 Å². The van der Waals surface area contributed by atoms with Gasteiger partial charge < -0.3 is 9.84 Å². The second-order valence-corrected chi connectivity index (χ2v) is 6.56. The Morgan fingerprint density at radius 3 is 2.63 bits per heavy atom. The van der Waals surface area contributed by atoms with Crippen LogP contribution in [-0.4, -0.2) is 22.8 Å². The summed E-state index contributed by atoms with van der Waals surface area (Å²) in [5, 5.41) is 11.7. The molecule has 0 aromatic carbocycles. The van der Waals surface area contributed by atoms with Crippen LogP contribution >= 0.6 is 27.3 Å². The lowest BCUT2D eigenvalue weighted by molar-refractivity contribution is -0.131. The predicted octanol–water partition coefficient (Wildman–Crippen LogP) is 3.96. The van der Waals surface area contributed by atoms with Gasteiger partial charge in [0.25, 0.3) is 0 Å². The van der Waals surface area contributed by atoms with Crippen molar-refractivity contribution < 1.29 is 19.4 Å². The van der Waals surface area contributed by atoms with Crippen LogP contribution in [0.1, 0.15) is 25.6 Å². The molecule has 0 atom stereocenters. The molecule has 0 fully saturated rings. The van der Waals surface area contributed by atoms with Crippen molar-refractivity contribution in [2.24, 2.45) is 0 Å². The molecule has 0 radical (unpaired) electrons. The van der Waals surface area contributed by atoms with Crippen LogP contribution in [0.3, 0.4) is 0 Å². The molecule has 0 bridgehead atoms. The zero-order chi connectivity index (χ0) is 14.6. The van der Waals surface area contributed by atoms with Crippen LogP contribution in [0.15, 0.2) is 16.6 Å². The molecule has 1 heterocycles. The Hall–Kier alpha value is -1.34. The van der Waals surface area contributed by atoms with E-state index >= 15 is 0 Å². The Kier molecular flexibility index (Phi) is 5.13. The maximum atomic E-state index is 11.6. The van der Waals surface area contributed by atoms with Crippen LogP contribution in [-0.2, 0) is 9.53 Å². The molecule has 0 unspecified atom stereocenters. The minimum atomic E-state index is -1.03. The number of rotatable bonds is 3. The maximum Gasteiger partial charge on any atom is 0.412 e. The van der Waals surface area contributed by atoms with E-state index in [1.807, 2.05) is 0 Å². The minimum Gasteiger partial charge on any atom is -0.478 e. The number of ether oxygens (including phenoxy) is 1. The average Bonchev–Trinajstić information content (AvgIpc) is 2.52. The van der Waals surface area contributed by atoms with Crippen molar-refractivity contribution in [1.82, 2.24) is 0 Å². The van der Waals surface area contributed by atoms with Gasteiger partial charge in [0.15, 0.2) is 0 Å². The van der Waals surface area contributed by atoms with Gasteiger partial charge in [-0.25, -0.2) is 9.59 Å². The summed E-state index contributed by atoms with van der Waals surface area (Å²) in [4.78, 5) is 22.7. The molecule has 0 aliphatic heterocycles. The normalized spacial score (nSPS) is 11.6. The fraction of sp³-hybridized carbons (Fsp3) is 0.333. The first-order chi connectivity index (χ1) is 8.67. The Balaban J connectivity index is 2.74. The molecule has 0 spiro atoms. The maximum absolute atomic E-state index is 11.6.